The maximum Gasteiger partial charge on any atom is 0.235 e. The van der Waals surface area contributed by atoms with Crippen molar-refractivity contribution in [3.05, 3.63) is 0 Å². The Morgan fingerprint density at radius 2 is 2.19 bits per heavy atom. The minimum absolute atomic E-state index is 0.0348. The van der Waals surface area contributed by atoms with E-state index in [1.54, 1.807) is 0 Å². The lowest BCUT2D eigenvalue weighted by Gasteiger charge is -2.20. The highest BCUT2D eigenvalue weighted by molar-refractivity contribution is 7.85. The molecule has 2 N–H and O–H groups in total. The van der Waals surface area contributed by atoms with E-state index in [9.17, 15) is 9.00 Å². The zero-order valence-electron chi connectivity index (χ0n) is 10.1. The molecule has 0 aromatic heterocycles. The van der Waals surface area contributed by atoms with Crippen LogP contribution >= 0.6 is 0 Å². The summed E-state index contributed by atoms with van der Waals surface area (Å²) >= 11 is 0. The van der Waals surface area contributed by atoms with Crippen LogP contribution in [-0.4, -0.2) is 45.7 Å². The second kappa shape index (κ2) is 6.35. The quantitative estimate of drug-likeness (QED) is 0.704. The predicted octanol–water partition coefficient (Wildman–Crippen LogP) is 0.341. The monoisotopic (exact) mass is 246 g/mol. The average molecular weight is 246 g/mol. The van der Waals surface area contributed by atoms with E-state index in [1.165, 1.54) is 0 Å². The van der Waals surface area contributed by atoms with Gasteiger partial charge in [0.15, 0.2) is 0 Å². The summed E-state index contributed by atoms with van der Waals surface area (Å²) in [5.41, 5.74) is 5.47. The van der Waals surface area contributed by atoms with Gasteiger partial charge in [0.1, 0.15) is 5.75 Å². The second-order valence-electron chi connectivity index (χ2n) is 4.50. The molecule has 4 nitrogen and oxygen atoms in total. The van der Waals surface area contributed by atoms with Crippen molar-refractivity contribution in [2.24, 2.45) is 11.7 Å². The van der Waals surface area contributed by atoms with Crippen LogP contribution in [0.4, 0.5) is 0 Å². The third kappa shape index (κ3) is 4.22. The summed E-state index contributed by atoms with van der Waals surface area (Å²) in [6, 6.07) is 0.418. The number of rotatable bonds is 7. The predicted molar refractivity (Wildman–Crippen MR) is 66.5 cm³/mol. The Morgan fingerprint density at radius 3 is 2.62 bits per heavy atom. The van der Waals surface area contributed by atoms with Crippen molar-refractivity contribution in [3.63, 3.8) is 0 Å². The standard InChI is InChI=1S/C11H22N2O2S/c1-3-13(10-4-5-10)11(14)8-16(15)7-9(2)6-12/h9-10H,3-8,12H2,1-2H3. The van der Waals surface area contributed by atoms with Gasteiger partial charge in [0.25, 0.3) is 0 Å². The summed E-state index contributed by atoms with van der Waals surface area (Å²) < 4.78 is 11.7. The molecule has 0 bridgehead atoms. The molecule has 1 rings (SSSR count). The summed E-state index contributed by atoms with van der Waals surface area (Å²) in [5, 5.41) is 0. The molecular formula is C11H22N2O2S. The zero-order chi connectivity index (χ0) is 12.1. The van der Waals surface area contributed by atoms with E-state index < -0.39 is 10.8 Å². The largest absolute Gasteiger partial charge is 0.339 e. The molecule has 0 aliphatic heterocycles. The summed E-state index contributed by atoms with van der Waals surface area (Å²) in [6.07, 6.45) is 2.21. The Kier molecular flexibility index (Phi) is 5.41. The van der Waals surface area contributed by atoms with Gasteiger partial charge in [-0.1, -0.05) is 6.92 Å². The van der Waals surface area contributed by atoms with Crippen molar-refractivity contribution in [2.75, 3.05) is 24.6 Å². The highest BCUT2D eigenvalue weighted by Gasteiger charge is 2.31. The number of hydrogen-bond acceptors (Lipinski definition) is 3. The number of hydrogen-bond donors (Lipinski definition) is 1. The molecule has 0 aromatic rings. The molecule has 2 unspecified atom stereocenters. The molecule has 2 atom stereocenters. The maximum absolute atomic E-state index is 11.8. The van der Waals surface area contributed by atoms with Gasteiger partial charge in [-0.25, -0.2) is 0 Å². The number of carbonyl (C=O) groups excluding carboxylic acids is 1. The Morgan fingerprint density at radius 1 is 1.56 bits per heavy atom. The normalized spacial score (nSPS) is 19.2. The van der Waals surface area contributed by atoms with Crippen molar-refractivity contribution in [2.45, 2.75) is 32.7 Å². The fourth-order valence-electron chi connectivity index (χ4n) is 1.69. The van der Waals surface area contributed by atoms with Crippen LogP contribution in [0, 0.1) is 5.92 Å². The van der Waals surface area contributed by atoms with E-state index in [0.717, 1.165) is 19.4 Å². The Balaban J connectivity index is 2.34. The lowest BCUT2D eigenvalue weighted by atomic mass is 10.2. The molecule has 16 heavy (non-hydrogen) atoms. The molecule has 1 amide bonds. The summed E-state index contributed by atoms with van der Waals surface area (Å²) in [4.78, 5) is 13.7. The van der Waals surface area contributed by atoms with Crippen LogP contribution in [0.25, 0.3) is 0 Å². The molecule has 0 radical (unpaired) electrons. The van der Waals surface area contributed by atoms with Gasteiger partial charge < -0.3 is 10.6 Å². The number of carbonyl (C=O) groups is 1. The average Bonchev–Trinajstić information content (AvgIpc) is 3.02. The van der Waals surface area contributed by atoms with Crippen molar-refractivity contribution < 1.29 is 9.00 Å². The molecule has 0 aromatic carbocycles. The molecule has 1 aliphatic carbocycles. The molecule has 1 fully saturated rings. The van der Waals surface area contributed by atoms with E-state index >= 15 is 0 Å². The van der Waals surface area contributed by atoms with Gasteiger partial charge in [0, 0.05) is 29.1 Å². The van der Waals surface area contributed by atoms with Crippen LogP contribution in [0.2, 0.25) is 0 Å². The number of amides is 1. The van der Waals surface area contributed by atoms with E-state index in [-0.39, 0.29) is 17.6 Å². The lowest BCUT2D eigenvalue weighted by Crippen LogP contribution is -2.37. The van der Waals surface area contributed by atoms with Gasteiger partial charge in [0.2, 0.25) is 5.91 Å². The van der Waals surface area contributed by atoms with Crippen LogP contribution in [-0.2, 0) is 15.6 Å². The summed E-state index contributed by atoms with van der Waals surface area (Å²) in [7, 11) is -1.06. The molecular weight excluding hydrogens is 224 g/mol. The maximum atomic E-state index is 11.8. The lowest BCUT2D eigenvalue weighted by molar-refractivity contribution is -0.128. The highest BCUT2D eigenvalue weighted by atomic mass is 32.2. The smallest absolute Gasteiger partial charge is 0.235 e. The molecule has 94 valence electrons. The van der Waals surface area contributed by atoms with E-state index in [4.69, 9.17) is 5.73 Å². The number of nitrogens with zero attached hydrogens (tertiary/aromatic N) is 1. The Hall–Kier alpha value is -0.420. The Bertz CT molecular complexity index is 267. The topological polar surface area (TPSA) is 63.4 Å². The van der Waals surface area contributed by atoms with Gasteiger partial charge in [-0.3, -0.25) is 9.00 Å². The van der Waals surface area contributed by atoms with Crippen LogP contribution in [0.15, 0.2) is 0 Å². The molecule has 0 saturated heterocycles. The van der Waals surface area contributed by atoms with E-state index in [0.29, 0.717) is 18.3 Å². The summed E-state index contributed by atoms with van der Waals surface area (Å²) in [5.74, 6) is 0.955. The molecule has 1 saturated carbocycles. The molecule has 0 heterocycles. The zero-order valence-corrected chi connectivity index (χ0v) is 11.0. The molecule has 5 heteroatoms. The first kappa shape index (κ1) is 13.6. The van der Waals surface area contributed by atoms with Gasteiger partial charge in [-0.05, 0) is 32.2 Å². The first-order valence-electron chi connectivity index (χ1n) is 5.93. The van der Waals surface area contributed by atoms with Crippen LogP contribution in [0.5, 0.6) is 0 Å². The van der Waals surface area contributed by atoms with E-state index in [1.807, 2.05) is 18.7 Å². The minimum Gasteiger partial charge on any atom is -0.339 e. The number of nitrogens with two attached hydrogens (primary N) is 1. The summed E-state index contributed by atoms with van der Waals surface area (Å²) in [6.45, 7) is 5.19. The fourth-order valence-corrected chi connectivity index (χ4v) is 3.02. The van der Waals surface area contributed by atoms with Gasteiger partial charge in [-0.2, -0.15) is 0 Å². The fraction of sp³-hybridized carbons (Fsp3) is 0.909. The van der Waals surface area contributed by atoms with Crippen molar-refractivity contribution >= 4 is 16.7 Å². The minimum atomic E-state index is -1.06. The third-order valence-electron chi connectivity index (χ3n) is 2.81. The van der Waals surface area contributed by atoms with Crippen molar-refractivity contribution in [1.29, 1.82) is 0 Å². The first-order valence-corrected chi connectivity index (χ1v) is 7.41. The van der Waals surface area contributed by atoms with Gasteiger partial charge >= 0.3 is 0 Å². The van der Waals surface area contributed by atoms with Crippen molar-refractivity contribution in [3.8, 4) is 0 Å². The molecule has 0 spiro atoms. The second-order valence-corrected chi connectivity index (χ2v) is 6.00. The van der Waals surface area contributed by atoms with Crippen LogP contribution in [0.3, 0.4) is 0 Å². The van der Waals surface area contributed by atoms with Gasteiger partial charge in [-0.15, -0.1) is 0 Å². The van der Waals surface area contributed by atoms with Crippen LogP contribution in [0.1, 0.15) is 26.7 Å². The highest BCUT2D eigenvalue weighted by Crippen LogP contribution is 2.26. The SMILES string of the molecule is CCN(C(=O)CS(=O)CC(C)CN)C1CC1. The Labute approximate surface area is 100 Å². The van der Waals surface area contributed by atoms with E-state index in [2.05, 4.69) is 0 Å². The first-order chi connectivity index (χ1) is 7.58. The van der Waals surface area contributed by atoms with Gasteiger partial charge in [0.05, 0.1) is 0 Å². The molecule has 1 aliphatic rings. The van der Waals surface area contributed by atoms with Crippen molar-refractivity contribution in [1.82, 2.24) is 4.90 Å². The third-order valence-corrected chi connectivity index (χ3v) is 4.32. The van der Waals surface area contributed by atoms with Crippen LogP contribution < -0.4 is 5.73 Å².